The Bertz CT molecular complexity index is 1400. The van der Waals surface area contributed by atoms with Crippen molar-refractivity contribution in [1.29, 1.82) is 0 Å². The molecule has 38 heavy (non-hydrogen) atoms. The molecule has 1 saturated heterocycles. The first kappa shape index (κ1) is 26.5. The fourth-order valence-corrected chi connectivity index (χ4v) is 7.56. The topological polar surface area (TPSA) is 49.4 Å². The SMILES string of the molecule is C[C@H](c1ccc(Cl)cc1)N1C(=O)C([Se]c2ccccc2)C(c2ccccc2)NC(=O)[C@@H]1c1ccc(Cl)cc1. The molecule has 4 aromatic carbocycles. The summed E-state index contributed by atoms with van der Waals surface area (Å²) in [7, 11) is 0. The molecule has 0 radical (unpaired) electrons. The predicted octanol–water partition coefficient (Wildman–Crippen LogP) is 6.31. The standard InChI is InChI=1S/C31H26Cl2N2O2Se/c1-20(21-12-16-24(32)17-13-21)35-28(23-14-18-25(33)19-15-23)30(36)34-27(22-8-4-2-5-9-22)29(31(35)37)38-26-10-6-3-7-11-26/h2-20,27-29H,1H3,(H,34,36)/t20-,27?,28+,29?/m1/s1. The minimum atomic E-state index is -0.826. The number of benzene rings is 4. The first-order valence-electron chi connectivity index (χ1n) is 12.3. The van der Waals surface area contributed by atoms with E-state index in [9.17, 15) is 9.59 Å². The van der Waals surface area contributed by atoms with E-state index >= 15 is 0 Å². The van der Waals surface area contributed by atoms with E-state index in [0.29, 0.717) is 15.6 Å². The van der Waals surface area contributed by atoms with Crippen LogP contribution in [0.15, 0.2) is 109 Å². The molecule has 0 spiro atoms. The Hall–Kier alpha value is -3.08. The molecule has 192 valence electrons. The van der Waals surface area contributed by atoms with Crippen LogP contribution in [0.3, 0.4) is 0 Å². The molecular formula is C31H26Cl2N2O2Se. The van der Waals surface area contributed by atoms with Gasteiger partial charge in [-0.25, -0.2) is 0 Å². The average molecular weight is 608 g/mol. The number of halogens is 2. The number of hydrogen-bond donors (Lipinski definition) is 1. The van der Waals surface area contributed by atoms with E-state index in [2.05, 4.69) is 5.32 Å². The summed E-state index contributed by atoms with van der Waals surface area (Å²) in [6, 6.07) is 32.7. The molecule has 0 bridgehead atoms. The van der Waals surface area contributed by atoms with Crippen molar-refractivity contribution in [3.63, 3.8) is 0 Å². The third-order valence-electron chi connectivity index (χ3n) is 6.75. The quantitative estimate of drug-likeness (QED) is 0.261. The summed E-state index contributed by atoms with van der Waals surface area (Å²) in [4.78, 5) is 30.1. The van der Waals surface area contributed by atoms with Gasteiger partial charge < -0.3 is 0 Å². The van der Waals surface area contributed by atoms with E-state index in [1.165, 1.54) is 0 Å². The van der Waals surface area contributed by atoms with Crippen molar-refractivity contribution in [1.82, 2.24) is 10.2 Å². The molecular weight excluding hydrogens is 582 g/mol. The molecule has 5 rings (SSSR count). The van der Waals surface area contributed by atoms with Gasteiger partial charge in [0.15, 0.2) is 0 Å². The monoisotopic (exact) mass is 608 g/mol. The van der Waals surface area contributed by atoms with Gasteiger partial charge in [-0.05, 0) is 0 Å². The Morgan fingerprint density at radius 3 is 1.89 bits per heavy atom. The number of carbonyl (C=O) groups excluding carboxylic acids is 2. The zero-order valence-corrected chi connectivity index (χ0v) is 23.9. The van der Waals surface area contributed by atoms with Gasteiger partial charge in [0.1, 0.15) is 0 Å². The van der Waals surface area contributed by atoms with Gasteiger partial charge in [-0.1, -0.05) is 0 Å². The van der Waals surface area contributed by atoms with Crippen LogP contribution >= 0.6 is 23.2 Å². The van der Waals surface area contributed by atoms with Crippen LogP contribution in [0.1, 0.15) is 41.7 Å². The average Bonchev–Trinajstić information content (AvgIpc) is 3.04. The third kappa shape index (κ3) is 5.67. The van der Waals surface area contributed by atoms with Crippen molar-refractivity contribution in [2.24, 2.45) is 0 Å². The van der Waals surface area contributed by atoms with E-state index in [-0.39, 0.29) is 32.8 Å². The molecule has 4 atom stereocenters. The zero-order chi connectivity index (χ0) is 26.6. The second-order valence-electron chi connectivity index (χ2n) is 9.18. The van der Waals surface area contributed by atoms with E-state index in [1.807, 2.05) is 104 Å². The predicted molar refractivity (Wildman–Crippen MR) is 154 cm³/mol. The van der Waals surface area contributed by atoms with Gasteiger partial charge >= 0.3 is 240 Å². The summed E-state index contributed by atoms with van der Waals surface area (Å²) in [6.45, 7) is 1.97. The third-order valence-corrected chi connectivity index (χ3v) is 9.92. The van der Waals surface area contributed by atoms with Crippen molar-refractivity contribution in [3.05, 3.63) is 136 Å². The minimum absolute atomic E-state index is 0.0662. The number of nitrogens with zero attached hydrogens (tertiary/aromatic N) is 1. The van der Waals surface area contributed by atoms with Crippen LogP contribution in [0.25, 0.3) is 0 Å². The van der Waals surface area contributed by atoms with Gasteiger partial charge in [0, 0.05) is 0 Å². The summed E-state index contributed by atoms with van der Waals surface area (Å²) >= 11 is 12.1. The van der Waals surface area contributed by atoms with Crippen molar-refractivity contribution < 1.29 is 9.59 Å². The molecule has 1 aliphatic heterocycles. The summed E-state index contributed by atoms with van der Waals surface area (Å²) in [5, 5.41) is 4.45. The van der Waals surface area contributed by atoms with Gasteiger partial charge in [-0.15, -0.1) is 0 Å². The molecule has 1 heterocycles. The van der Waals surface area contributed by atoms with Crippen LogP contribution in [0.5, 0.6) is 0 Å². The number of hydrogen-bond acceptors (Lipinski definition) is 2. The molecule has 4 aromatic rings. The summed E-state index contributed by atoms with van der Waals surface area (Å²) in [5.74, 6) is -0.287. The van der Waals surface area contributed by atoms with E-state index < -0.39 is 16.9 Å². The molecule has 1 fully saturated rings. The normalized spacial score (nSPS) is 20.5. The Balaban J connectivity index is 1.66. The summed E-state index contributed by atoms with van der Waals surface area (Å²) in [5.41, 5.74) is 2.52. The molecule has 7 heteroatoms. The van der Waals surface area contributed by atoms with Crippen molar-refractivity contribution in [2.75, 3.05) is 0 Å². The summed E-state index contributed by atoms with van der Waals surface area (Å²) < 4.78 is 1.09. The fraction of sp³-hybridized carbons (Fsp3) is 0.161. The van der Waals surface area contributed by atoms with Gasteiger partial charge in [0.25, 0.3) is 0 Å². The molecule has 1 N–H and O–H groups in total. The maximum atomic E-state index is 14.7. The van der Waals surface area contributed by atoms with Crippen molar-refractivity contribution in [3.8, 4) is 0 Å². The Morgan fingerprint density at radius 1 is 0.737 bits per heavy atom. The Labute approximate surface area is 239 Å². The molecule has 0 saturated carbocycles. The summed E-state index contributed by atoms with van der Waals surface area (Å²) in [6.07, 6.45) is 0. The number of nitrogens with one attached hydrogen (secondary N) is 1. The van der Waals surface area contributed by atoms with E-state index in [4.69, 9.17) is 23.2 Å². The van der Waals surface area contributed by atoms with Crippen molar-refractivity contribution >= 4 is 54.4 Å². The van der Waals surface area contributed by atoms with Crippen molar-refractivity contribution in [2.45, 2.75) is 29.9 Å². The van der Waals surface area contributed by atoms with Crippen LogP contribution < -0.4 is 9.78 Å². The number of rotatable bonds is 6. The van der Waals surface area contributed by atoms with Gasteiger partial charge in [-0.3, -0.25) is 0 Å². The van der Waals surface area contributed by atoms with Crippen LogP contribution in [-0.2, 0) is 9.59 Å². The van der Waals surface area contributed by atoms with Crippen LogP contribution in [0.4, 0.5) is 0 Å². The first-order valence-corrected chi connectivity index (χ1v) is 14.9. The fourth-order valence-electron chi connectivity index (χ4n) is 4.81. The van der Waals surface area contributed by atoms with Crippen LogP contribution in [-0.4, -0.2) is 31.7 Å². The molecule has 0 aromatic heterocycles. The molecule has 0 aliphatic carbocycles. The zero-order valence-electron chi connectivity index (χ0n) is 20.6. The van der Waals surface area contributed by atoms with Gasteiger partial charge in [0.05, 0.1) is 0 Å². The second-order valence-corrected chi connectivity index (χ2v) is 12.6. The molecule has 4 nitrogen and oxygen atoms in total. The van der Waals surface area contributed by atoms with Gasteiger partial charge in [0.2, 0.25) is 0 Å². The van der Waals surface area contributed by atoms with Crippen LogP contribution in [0, 0.1) is 0 Å². The molecule has 2 unspecified atom stereocenters. The molecule has 1 aliphatic rings. The number of amides is 2. The maximum absolute atomic E-state index is 14.7. The second kappa shape index (κ2) is 11.8. The number of carbonyl (C=O) groups is 2. The Kier molecular flexibility index (Phi) is 8.20. The first-order chi connectivity index (χ1) is 18.4. The Morgan fingerprint density at radius 2 is 1.29 bits per heavy atom. The van der Waals surface area contributed by atoms with E-state index in [0.717, 1.165) is 15.6 Å². The van der Waals surface area contributed by atoms with Gasteiger partial charge in [-0.2, -0.15) is 0 Å². The van der Waals surface area contributed by atoms with Crippen LogP contribution in [0.2, 0.25) is 14.9 Å². The molecule has 2 amide bonds. The van der Waals surface area contributed by atoms with E-state index in [1.54, 1.807) is 17.0 Å².